The molecule has 0 unspecified atom stereocenters. The Bertz CT molecular complexity index is 305. The van der Waals surface area contributed by atoms with E-state index in [1.807, 2.05) is 32.2 Å². The summed E-state index contributed by atoms with van der Waals surface area (Å²) >= 11 is 0. The number of rotatable bonds is 3. The van der Waals surface area contributed by atoms with Crippen molar-refractivity contribution in [3.05, 3.63) is 36.4 Å². The second-order valence-corrected chi connectivity index (χ2v) is 3.16. The number of nitrogens with zero attached hydrogens (tertiary/aromatic N) is 1. The Labute approximate surface area is 79.7 Å². The van der Waals surface area contributed by atoms with Gasteiger partial charge in [0.25, 0.3) is 0 Å². The average Bonchev–Trinajstić information content (AvgIpc) is 2.10. The second-order valence-electron chi connectivity index (χ2n) is 3.16. The van der Waals surface area contributed by atoms with Gasteiger partial charge in [0.15, 0.2) is 0 Å². The average molecular weight is 176 g/mol. The van der Waals surface area contributed by atoms with Gasteiger partial charge in [-0.25, -0.2) is 0 Å². The number of hydrogen-bond acceptors (Lipinski definition) is 2. The van der Waals surface area contributed by atoms with Gasteiger partial charge in [0.05, 0.1) is 0 Å². The lowest BCUT2D eigenvalue weighted by Gasteiger charge is -2.20. The summed E-state index contributed by atoms with van der Waals surface area (Å²) in [7, 11) is 2.03. The number of nitrogen functional groups attached to an aromatic ring is 1. The molecule has 2 heteroatoms. The summed E-state index contributed by atoms with van der Waals surface area (Å²) in [5, 5.41) is 0. The summed E-state index contributed by atoms with van der Waals surface area (Å²) in [4.78, 5) is 2.12. The molecule has 0 bridgehead atoms. The van der Waals surface area contributed by atoms with E-state index < -0.39 is 0 Å². The topological polar surface area (TPSA) is 29.3 Å². The Morgan fingerprint density at radius 1 is 1.54 bits per heavy atom. The number of hydrogen-bond donors (Lipinski definition) is 1. The summed E-state index contributed by atoms with van der Waals surface area (Å²) in [6, 6.07) is 5.95. The number of anilines is 2. The zero-order chi connectivity index (χ0) is 9.84. The lowest BCUT2D eigenvalue weighted by atomic mass is 10.1. The molecule has 0 aromatic heterocycles. The first-order valence-electron chi connectivity index (χ1n) is 4.34. The van der Waals surface area contributed by atoms with E-state index in [1.165, 1.54) is 5.69 Å². The molecule has 0 fully saturated rings. The maximum absolute atomic E-state index is 5.80. The normalized spacial score (nSPS) is 9.69. The quantitative estimate of drug-likeness (QED) is 0.565. The van der Waals surface area contributed by atoms with Crippen LogP contribution in [0.2, 0.25) is 0 Å². The lowest BCUT2D eigenvalue weighted by molar-refractivity contribution is 1.02. The zero-order valence-corrected chi connectivity index (χ0v) is 8.25. The molecule has 2 nitrogen and oxygen atoms in total. The fraction of sp³-hybridized carbons (Fsp3) is 0.273. The van der Waals surface area contributed by atoms with Gasteiger partial charge in [0.1, 0.15) is 0 Å². The number of likely N-dealkylation sites (N-methyl/N-ethyl adjacent to an activating group) is 1. The summed E-state index contributed by atoms with van der Waals surface area (Å²) in [6.07, 6.45) is 1.88. The van der Waals surface area contributed by atoms with Gasteiger partial charge in [-0.1, -0.05) is 12.1 Å². The van der Waals surface area contributed by atoms with Crippen LogP contribution >= 0.6 is 0 Å². The Morgan fingerprint density at radius 3 is 2.85 bits per heavy atom. The van der Waals surface area contributed by atoms with Crippen molar-refractivity contribution in [3.8, 4) is 0 Å². The Morgan fingerprint density at radius 2 is 2.23 bits per heavy atom. The second kappa shape index (κ2) is 3.99. The van der Waals surface area contributed by atoms with Gasteiger partial charge >= 0.3 is 0 Å². The highest BCUT2D eigenvalue weighted by atomic mass is 15.1. The van der Waals surface area contributed by atoms with Gasteiger partial charge in [0.2, 0.25) is 0 Å². The molecule has 1 aromatic rings. The molecule has 0 aliphatic carbocycles. The van der Waals surface area contributed by atoms with Crippen LogP contribution in [0.1, 0.15) is 5.56 Å². The molecule has 13 heavy (non-hydrogen) atoms. The minimum atomic E-state index is 0.838. The third kappa shape index (κ3) is 2.02. The van der Waals surface area contributed by atoms with Gasteiger partial charge in [-0.05, 0) is 24.6 Å². The van der Waals surface area contributed by atoms with Gasteiger partial charge in [-0.2, -0.15) is 0 Å². The molecule has 1 aromatic carbocycles. The molecule has 1 rings (SSSR count). The van der Waals surface area contributed by atoms with Crippen LogP contribution < -0.4 is 10.6 Å². The third-order valence-corrected chi connectivity index (χ3v) is 2.16. The largest absolute Gasteiger partial charge is 0.398 e. The fourth-order valence-electron chi connectivity index (χ4n) is 1.35. The van der Waals surface area contributed by atoms with Crippen molar-refractivity contribution in [1.29, 1.82) is 0 Å². The van der Waals surface area contributed by atoms with Crippen molar-refractivity contribution in [3.63, 3.8) is 0 Å². The first-order valence-corrected chi connectivity index (χ1v) is 4.34. The molecule has 0 saturated heterocycles. The highest BCUT2D eigenvalue weighted by Crippen LogP contribution is 2.23. The Hall–Kier alpha value is -1.44. The SMILES string of the molecule is C=CCN(C)c1cccc(N)c1C. The third-order valence-electron chi connectivity index (χ3n) is 2.16. The van der Waals surface area contributed by atoms with Crippen LogP contribution in [0.15, 0.2) is 30.9 Å². The van der Waals surface area contributed by atoms with E-state index in [4.69, 9.17) is 5.73 Å². The molecule has 0 aliphatic rings. The fourth-order valence-corrected chi connectivity index (χ4v) is 1.35. The highest BCUT2D eigenvalue weighted by molar-refractivity contribution is 5.63. The van der Waals surface area contributed by atoms with Crippen LogP contribution in [0.25, 0.3) is 0 Å². The summed E-state index contributed by atoms with van der Waals surface area (Å²) in [6.45, 7) is 6.57. The van der Waals surface area contributed by atoms with Crippen molar-refractivity contribution < 1.29 is 0 Å². The lowest BCUT2D eigenvalue weighted by Crippen LogP contribution is -2.17. The van der Waals surface area contributed by atoms with Crippen molar-refractivity contribution in [2.24, 2.45) is 0 Å². The molecule has 70 valence electrons. The standard InChI is InChI=1S/C11H16N2/c1-4-8-13(3)11-7-5-6-10(12)9(11)2/h4-7H,1,8,12H2,2-3H3. The summed E-state index contributed by atoms with van der Waals surface area (Å²) in [5.74, 6) is 0. The van der Waals surface area contributed by atoms with E-state index in [9.17, 15) is 0 Å². The molecular weight excluding hydrogens is 160 g/mol. The molecule has 0 radical (unpaired) electrons. The van der Waals surface area contributed by atoms with Crippen LogP contribution in [0, 0.1) is 6.92 Å². The van der Waals surface area contributed by atoms with E-state index in [1.54, 1.807) is 0 Å². The van der Waals surface area contributed by atoms with Crippen molar-refractivity contribution in [2.75, 3.05) is 24.2 Å². The Kier molecular flexibility index (Phi) is 2.96. The monoisotopic (exact) mass is 176 g/mol. The van der Waals surface area contributed by atoms with E-state index in [0.717, 1.165) is 17.8 Å². The molecular formula is C11H16N2. The van der Waals surface area contributed by atoms with Gasteiger partial charge in [0, 0.05) is 25.0 Å². The molecule has 0 aliphatic heterocycles. The van der Waals surface area contributed by atoms with E-state index >= 15 is 0 Å². The first-order chi connectivity index (χ1) is 6.16. The van der Waals surface area contributed by atoms with Gasteiger partial charge in [-0.15, -0.1) is 6.58 Å². The maximum Gasteiger partial charge on any atom is 0.0416 e. The van der Waals surface area contributed by atoms with Crippen LogP contribution in [0.4, 0.5) is 11.4 Å². The van der Waals surface area contributed by atoms with Crippen LogP contribution in [-0.4, -0.2) is 13.6 Å². The molecule has 0 heterocycles. The van der Waals surface area contributed by atoms with Crippen LogP contribution in [-0.2, 0) is 0 Å². The minimum absolute atomic E-state index is 0.838. The van der Waals surface area contributed by atoms with E-state index in [2.05, 4.69) is 17.5 Å². The summed E-state index contributed by atoms with van der Waals surface area (Å²) in [5.41, 5.74) is 8.94. The Balaban J connectivity index is 3.00. The van der Waals surface area contributed by atoms with E-state index in [0.29, 0.717) is 0 Å². The smallest absolute Gasteiger partial charge is 0.0416 e. The predicted molar refractivity (Wildman–Crippen MR) is 59.1 cm³/mol. The molecule has 0 saturated carbocycles. The van der Waals surface area contributed by atoms with Gasteiger partial charge in [-0.3, -0.25) is 0 Å². The molecule has 0 amide bonds. The van der Waals surface area contributed by atoms with Crippen molar-refractivity contribution in [2.45, 2.75) is 6.92 Å². The van der Waals surface area contributed by atoms with Crippen molar-refractivity contribution in [1.82, 2.24) is 0 Å². The zero-order valence-electron chi connectivity index (χ0n) is 8.25. The number of nitrogens with two attached hydrogens (primary N) is 1. The predicted octanol–water partition coefficient (Wildman–Crippen LogP) is 2.20. The number of benzene rings is 1. The first kappa shape index (κ1) is 9.65. The van der Waals surface area contributed by atoms with Crippen LogP contribution in [0.3, 0.4) is 0 Å². The molecule has 0 atom stereocenters. The van der Waals surface area contributed by atoms with Gasteiger partial charge < -0.3 is 10.6 Å². The maximum atomic E-state index is 5.80. The van der Waals surface area contributed by atoms with E-state index in [-0.39, 0.29) is 0 Å². The van der Waals surface area contributed by atoms with Crippen LogP contribution in [0.5, 0.6) is 0 Å². The minimum Gasteiger partial charge on any atom is -0.398 e. The molecule has 0 spiro atoms. The highest BCUT2D eigenvalue weighted by Gasteiger charge is 2.03. The summed E-state index contributed by atoms with van der Waals surface area (Å²) < 4.78 is 0. The van der Waals surface area contributed by atoms with Crippen molar-refractivity contribution >= 4 is 11.4 Å². The molecule has 2 N–H and O–H groups in total.